The lowest BCUT2D eigenvalue weighted by atomic mass is 9.97. The fraction of sp³-hybridized carbons (Fsp3) is 0.542. The molecule has 2 aromatic rings. The molecule has 172 valence electrons. The second kappa shape index (κ2) is 10.3. The number of halogens is 1. The minimum Gasteiger partial charge on any atom is -0.342 e. The molecule has 4 rings (SSSR count). The minimum atomic E-state index is 0.0226. The van der Waals surface area contributed by atoms with Gasteiger partial charge < -0.3 is 14.7 Å². The van der Waals surface area contributed by atoms with E-state index in [-0.39, 0.29) is 17.9 Å². The van der Waals surface area contributed by atoms with Crippen molar-refractivity contribution in [2.75, 3.05) is 40.3 Å². The van der Waals surface area contributed by atoms with Gasteiger partial charge >= 0.3 is 0 Å². The first-order chi connectivity index (χ1) is 15.4. The highest BCUT2D eigenvalue weighted by Crippen LogP contribution is 2.31. The zero-order valence-electron chi connectivity index (χ0n) is 18.8. The Hall–Kier alpha value is -1.96. The second-order valence-electron chi connectivity index (χ2n) is 8.94. The van der Waals surface area contributed by atoms with Gasteiger partial charge in [-0.05, 0) is 57.5 Å². The van der Waals surface area contributed by atoms with Crippen LogP contribution in [0.5, 0.6) is 0 Å². The molecule has 2 aliphatic rings. The third kappa shape index (κ3) is 5.33. The third-order valence-electron chi connectivity index (χ3n) is 6.79. The Morgan fingerprint density at radius 3 is 2.50 bits per heavy atom. The van der Waals surface area contributed by atoms with Gasteiger partial charge in [0.2, 0.25) is 5.91 Å². The van der Waals surface area contributed by atoms with Crippen LogP contribution in [0.3, 0.4) is 0 Å². The number of hydrogen-bond acceptors (Lipinski definition) is 5. The number of amides is 2. The third-order valence-corrected chi connectivity index (χ3v) is 8.17. The molecule has 0 atom stereocenters. The maximum Gasteiger partial charge on any atom is 0.273 e. The van der Waals surface area contributed by atoms with Crippen LogP contribution in [0, 0.1) is 0 Å². The molecule has 8 heteroatoms. The summed E-state index contributed by atoms with van der Waals surface area (Å²) >= 11 is 7.78. The normalized spacial score (nSPS) is 18.7. The van der Waals surface area contributed by atoms with Crippen molar-refractivity contribution < 1.29 is 9.59 Å². The van der Waals surface area contributed by atoms with Gasteiger partial charge in [0.15, 0.2) is 0 Å². The van der Waals surface area contributed by atoms with E-state index in [0.29, 0.717) is 36.1 Å². The quantitative estimate of drug-likeness (QED) is 0.659. The number of carbonyl (C=O) groups is 2. The molecule has 32 heavy (non-hydrogen) atoms. The van der Waals surface area contributed by atoms with Crippen LogP contribution in [-0.4, -0.2) is 77.8 Å². The molecule has 2 aliphatic heterocycles. The predicted octanol–water partition coefficient (Wildman–Crippen LogP) is 3.91. The molecule has 1 aromatic heterocycles. The fourth-order valence-corrected chi connectivity index (χ4v) is 5.76. The summed E-state index contributed by atoms with van der Waals surface area (Å²) in [7, 11) is 4.03. The molecule has 2 fully saturated rings. The highest BCUT2D eigenvalue weighted by molar-refractivity contribution is 7.09. The molecular formula is C24H31ClN4O2S. The van der Waals surface area contributed by atoms with E-state index >= 15 is 0 Å². The molecule has 0 saturated carbocycles. The number of aromatic nitrogens is 1. The van der Waals surface area contributed by atoms with Crippen molar-refractivity contribution in [3.8, 4) is 0 Å². The number of hydrogen-bond donors (Lipinski definition) is 0. The summed E-state index contributed by atoms with van der Waals surface area (Å²) in [4.78, 5) is 36.5. The standard InChI is InChI=1S/C24H31ClN4O2S/c1-27-11-9-19(10-12-27)28(2)24(31)21-16-32-23(26-21)17-7-13-29(14-8-17)22(30)15-18-5-3-4-6-20(18)25/h3-6,16-17,19H,7-15H2,1-2H3. The van der Waals surface area contributed by atoms with Gasteiger partial charge in [-0.2, -0.15) is 0 Å². The average Bonchev–Trinajstić information content (AvgIpc) is 3.30. The highest BCUT2D eigenvalue weighted by atomic mass is 35.5. The number of nitrogens with zero attached hydrogens (tertiary/aromatic N) is 4. The van der Waals surface area contributed by atoms with Crippen molar-refractivity contribution in [3.63, 3.8) is 0 Å². The van der Waals surface area contributed by atoms with Crippen LogP contribution < -0.4 is 0 Å². The Morgan fingerprint density at radius 2 is 1.81 bits per heavy atom. The van der Waals surface area contributed by atoms with Gasteiger partial charge in [-0.1, -0.05) is 29.8 Å². The zero-order chi connectivity index (χ0) is 22.7. The summed E-state index contributed by atoms with van der Waals surface area (Å²) in [5.41, 5.74) is 1.43. The first-order valence-electron chi connectivity index (χ1n) is 11.3. The van der Waals surface area contributed by atoms with E-state index < -0.39 is 0 Å². The van der Waals surface area contributed by atoms with Crippen LogP contribution in [0.4, 0.5) is 0 Å². The zero-order valence-corrected chi connectivity index (χ0v) is 20.4. The minimum absolute atomic E-state index is 0.0226. The van der Waals surface area contributed by atoms with Gasteiger partial charge in [0.05, 0.1) is 11.4 Å². The van der Waals surface area contributed by atoms with Crippen molar-refractivity contribution in [2.45, 2.75) is 44.1 Å². The second-order valence-corrected chi connectivity index (χ2v) is 10.2. The summed E-state index contributed by atoms with van der Waals surface area (Å²) in [6.07, 6.45) is 4.11. The Morgan fingerprint density at radius 1 is 1.12 bits per heavy atom. The average molecular weight is 475 g/mol. The van der Waals surface area contributed by atoms with Crippen LogP contribution in [0.1, 0.15) is 52.7 Å². The Balaban J connectivity index is 1.30. The van der Waals surface area contributed by atoms with E-state index in [1.54, 1.807) is 11.3 Å². The van der Waals surface area contributed by atoms with Crippen molar-refractivity contribution in [1.29, 1.82) is 0 Å². The Kier molecular flexibility index (Phi) is 7.48. The molecule has 0 N–H and O–H groups in total. The largest absolute Gasteiger partial charge is 0.342 e. The summed E-state index contributed by atoms with van der Waals surface area (Å²) in [5, 5.41) is 3.56. The van der Waals surface area contributed by atoms with Crippen molar-refractivity contribution in [1.82, 2.24) is 19.7 Å². The molecule has 0 bridgehead atoms. The maximum absolute atomic E-state index is 13.0. The van der Waals surface area contributed by atoms with Gasteiger partial charge in [-0.15, -0.1) is 11.3 Å². The number of carbonyl (C=O) groups excluding carboxylic acids is 2. The van der Waals surface area contributed by atoms with E-state index in [1.807, 2.05) is 46.5 Å². The van der Waals surface area contributed by atoms with Crippen LogP contribution in [-0.2, 0) is 11.2 Å². The maximum atomic E-state index is 13.0. The molecule has 2 amide bonds. The smallest absolute Gasteiger partial charge is 0.273 e. The molecule has 1 aromatic carbocycles. The Labute approximate surface area is 199 Å². The van der Waals surface area contributed by atoms with Gasteiger partial charge in [-0.25, -0.2) is 4.98 Å². The summed E-state index contributed by atoms with van der Waals surface area (Å²) in [5.74, 6) is 0.445. The summed E-state index contributed by atoms with van der Waals surface area (Å²) in [6.45, 7) is 3.48. The van der Waals surface area contributed by atoms with Crippen molar-refractivity contribution >= 4 is 34.8 Å². The number of thiazole rings is 1. The Bertz CT molecular complexity index is 949. The topological polar surface area (TPSA) is 56.8 Å². The lowest BCUT2D eigenvalue weighted by molar-refractivity contribution is -0.131. The summed E-state index contributed by atoms with van der Waals surface area (Å²) < 4.78 is 0. The molecule has 3 heterocycles. The number of benzene rings is 1. The van der Waals surface area contributed by atoms with Crippen molar-refractivity contribution in [3.05, 3.63) is 50.9 Å². The molecule has 0 aliphatic carbocycles. The van der Waals surface area contributed by atoms with Crippen LogP contribution in [0.2, 0.25) is 5.02 Å². The van der Waals surface area contributed by atoms with Gasteiger partial charge in [0, 0.05) is 42.5 Å². The van der Waals surface area contributed by atoms with Gasteiger partial charge in [-0.3, -0.25) is 9.59 Å². The SMILES string of the molecule is CN1CCC(N(C)C(=O)c2csc(C3CCN(C(=O)Cc4ccccc4Cl)CC3)n2)CC1. The van der Waals surface area contributed by atoms with Crippen molar-refractivity contribution in [2.24, 2.45) is 0 Å². The van der Waals surface area contributed by atoms with E-state index in [4.69, 9.17) is 16.6 Å². The van der Waals surface area contributed by atoms with E-state index in [0.717, 1.165) is 49.3 Å². The molecule has 6 nitrogen and oxygen atoms in total. The predicted molar refractivity (Wildman–Crippen MR) is 128 cm³/mol. The highest BCUT2D eigenvalue weighted by Gasteiger charge is 2.29. The monoisotopic (exact) mass is 474 g/mol. The lowest BCUT2D eigenvalue weighted by Crippen LogP contribution is -2.44. The first kappa shape index (κ1) is 23.2. The number of likely N-dealkylation sites (tertiary alicyclic amines) is 2. The van der Waals surface area contributed by atoms with Crippen LogP contribution >= 0.6 is 22.9 Å². The molecule has 0 unspecified atom stereocenters. The van der Waals surface area contributed by atoms with Gasteiger partial charge in [0.25, 0.3) is 5.91 Å². The number of piperidine rings is 2. The molecule has 0 spiro atoms. The van der Waals surface area contributed by atoms with Gasteiger partial charge in [0.1, 0.15) is 5.69 Å². The fourth-order valence-electron chi connectivity index (χ4n) is 4.59. The first-order valence-corrected chi connectivity index (χ1v) is 12.6. The molecule has 2 saturated heterocycles. The molecule has 0 radical (unpaired) electrons. The van der Waals surface area contributed by atoms with Crippen LogP contribution in [0.15, 0.2) is 29.6 Å². The van der Waals surface area contributed by atoms with E-state index in [2.05, 4.69) is 11.9 Å². The van der Waals surface area contributed by atoms with E-state index in [1.165, 1.54) is 0 Å². The lowest BCUT2D eigenvalue weighted by Gasteiger charge is -2.34. The number of rotatable bonds is 5. The summed E-state index contributed by atoms with van der Waals surface area (Å²) in [6, 6.07) is 7.80. The molecular weight excluding hydrogens is 444 g/mol. The van der Waals surface area contributed by atoms with Crippen LogP contribution in [0.25, 0.3) is 0 Å². The van der Waals surface area contributed by atoms with E-state index in [9.17, 15) is 9.59 Å².